The van der Waals surface area contributed by atoms with Crippen molar-refractivity contribution in [2.24, 2.45) is 0 Å². The summed E-state index contributed by atoms with van der Waals surface area (Å²) in [5, 5.41) is 8.87. The van der Waals surface area contributed by atoms with Gasteiger partial charge in [-0.05, 0) is 18.6 Å². The SMILES string of the molecule is CC(NS(=O)(=O)CC(=O)O)c1ccccc1Cl. The Morgan fingerprint density at radius 1 is 1.47 bits per heavy atom. The maximum absolute atomic E-state index is 11.4. The molecule has 0 aliphatic heterocycles. The second kappa shape index (κ2) is 5.48. The van der Waals surface area contributed by atoms with Gasteiger partial charge in [0.25, 0.3) is 0 Å². The number of rotatable bonds is 5. The van der Waals surface area contributed by atoms with Crippen LogP contribution in [0.5, 0.6) is 0 Å². The predicted octanol–water partition coefficient (Wildman–Crippen LogP) is 1.40. The van der Waals surface area contributed by atoms with Gasteiger partial charge in [-0.2, -0.15) is 0 Å². The van der Waals surface area contributed by atoms with Crippen LogP contribution in [0.1, 0.15) is 18.5 Å². The first kappa shape index (κ1) is 14.0. The first-order chi connectivity index (χ1) is 7.82. The number of nitrogens with one attached hydrogen (secondary N) is 1. The Kier molecular flexibility index (Phi) is 4.50. The molecular formula is C10H12ClNO4S. The maximum Gasteiger partial charge on any atom is 0.320 e. The van der Waals surface area contributed by atoms with E-state index in [-0.39, 0.29) is 0 Å². The molecule has 0 saturated carbocycles. The molecule has 0 aliphatic carbocycles. The third kappa shape index (κ3) is 4.33. The molecule has 0 saturated heterocycles. The van der Waals surface area contributed by atoms with E-state index < -0.39 is 27.8 Å². The summed E-state index contributed by atoms with van der Waals surface area (Å²) in [5.74, 6) is -2.36. The second-order valence-electron chi connectivity index (χ2n) is 3.51. The van der Waals surface area contributed by atoms with Crippen molar-refractivity contribution in [1.82, 2.24) is 4.72 Å². The smallest absolute Gasteiger partial charge is 0.320 e. The van der Waals surface area contributed by atoms with E-state index in [0.717, 1.165) is 0 Å². The molecule has 1 aromatic rings. The van der Waals surface area contributed by atoms with Crippen LogP contribution in [0, 0.1) is 0 Å². The van der Waals surface area contributed by atoms with E-state index in [1.54, 1.807) is 31.2 Å². The fourth-order valence-corrected chi connectivity index (χ4v) is 2.74. The Morgan fingerprint density at radius 2 is 2.06 bits per heavy atom. The highest BCUT2D eigenvalue weighted by Crippen LogP contribution is 2.22. The van der Waals surface area contributed by atoms with E-state index >= 15 is 0 Å². The molecular weight excluding hydrogens is 266 g/mol. The molecule has 5 nitrogen and oxygen atoms in total. The molecule has 0 spiro atoms. The molecule has 2 N–H and O–H groups in total. The van der Waals surface area contributed by atoms with Crippen LogP contribution in [0.25, 0.3) is 0 Å². The molecule has 1 aromatic carbocycles. The van der Waals surface area contributed by atoms with Crippen LogP contribution in [-0.2, 0) is 14.8 Å². The van der Waals surface area contributed by atoms with Crippen LogP contribution < -0.4 is 4.72 Å². The van der Waals surface area contributed by atoms with Crippen molar-refractivity contribution in [3.8, 4) is 0 Å². The molecule has 94 valence electrons. The minimum absolute atomic E-state index is 0.429. The van der Waals surface area contributed by atoms with Crippen molar-refractivity contribution in [2.45, 2.75) is 13.0 Å². The molecule has 17 heavy (non-hydrogen) atoms. The topological polar surface area (TPSA) is 83.5 Å². The van der Waals surface area contributed by atoms with E-state index in [1.165, 1.54) is 0 Å². The summed E-state index contributed by atoms with van der Waals surface area (Å²) in [4.78, 5) is 10.4. The average Bonchev–Trinajstić information content (AvgIpc) is 2.14. The Balaban J connectivity index is 2.83. The largest absolute Gasteiger partial charge is 0.480 e. The van der Waals surface area contributed by atoms with Gasteiger partial charge in [-0.15, -0.1) is 0 Å². The number of hydrogen-bond donors (Lipinski definition) is 2. The first-order valence-electron chi connectivity index (χ1n) is 4.78. The number of carboxylic acid groups (broad SMARTS) is 1. The molecule has 0 aromatic heterocycles. The number of hydrogen-bond acceptors (Lipinski definition) is 3. The van der Waals surface area contributed by atoms with Crippen molar-refractivity contribution in [2.75, 3.05) is 5.75 Å². The monoisotopic (exact) mass is 277 g/mol. The highest BCUT2D eigenvalue weighted by Gasteiger charge is 2.20. The summed E-state index contributed by atoms with van der Waals surface area (Å²) in [6.45, 7) is 1.60. The minimum Gasteiger partial charge on any atom is -0.480 e. The molecule has 1 unspecified atom stereocenters. The van der Waals surface area contributed by atoms with Gasteiger partial charge in [0.05, 0.1) is 0 Å². The fraction of sp³-hybridized carbons (Fsp3) is 0.300. The van der Waals surface area contributed by atoms with Crippen LogP contribution in [-0.4, -0.2) is 25.2 Å². The average molecular weight is 278 g/mol. The van der Waals surface area contributed by atoms with Crippen LogP contribution in [0.2, 0.25) is 5.02 Å². The lowest BCUT2D eigenvalue weighted by molar-refractivity contribution is -0.134. The number of aliphatic carboxylic acids is 1. The molecule has 0 amide bonds. The van der Waals surface area contributed by atoms with Crippen molar-refractivity contribution >= 4 is 27.6 Å². The number of carboxylic acids is 1. The third-order valence-corrected chi connectivity index (χ3v) is 3.73. The zero-order valence-corrected chi connectivity index (χ0v) is 10.6. The molecule has 0 radical (unpaired) electrons. The molecule has 0 heterocycles. The first-order valence-corrected chi connectivity index (χ1v) is 6.81. The van der Waals surface area contributed by atoms with Crippen LogP contribution in [0.4, 0.5) is 0 Å². The lowest BCUT2D eigenvalue weighted by atomic mass is 10.1. The van der Waals surface area contributed by atoms with Gasteiger partial charge in [0.15, 0.2) is 5.75 Å². The lowest BCUT2D eigenvalue weighted by Crippen LogP contribution is -2.32. The summed E-state index contributed by atoms with van der Waals surface area (Å²) in [6.07, 6.45) is 0. The van der Waals surface area contributed by atoms with Crippen molar-refractivity contribution < 1.29 is 18.3 Å². The van der Waals surface area contributed by atoms with Crippen LogP contribution in [0.3, 0.4) is 0 Å². The molecule has 0 aliphatic rings. The molecule has 7 heteroatoms. The van der Waals surface area contributed by atoms with Gasteiger partial charge in [-0.3, -0.25) is 4.79 Å². The zero-order chi connectivity index (χ0) is 13.1. The van der Waals surface area contributed by atoms with Gasteiger partial charge < -0.3 is 5.11 Å². The van der Waals surface area contributed by atoms with Crippen LogP contribution >= 0.6 is 11.6 Å². The summed E-state index contributed by atoms with van der Waals surface area (Å²) in [7, 11) is -3.85. The number of sulfonamides is 1. The van der Waals surface area contributed by atoms with Crippen LogP contribution in [0.15, 0.2) is 24.3 Å². The maximum atomic E-state index is 11.4. The number of benzene rings is 1. The Labute approximate surface area is 104 Å². The Morgan fingerprint density at radius 3 is 2.59 bits per heavy atom. The van der Waals surface area contributed by atoms with Gasteiger partial charge in [0.1, 0.15) is 0 Å². The zero-order valence-electron chi connectivity index (χ0n) is 9.05. The van der Waals surface area contributed by atoms with E-state index in [2.05, 4.69) is 4.72 Å². The van der Waals surface area contributed by atoms with E-state index in [1.807, 2.05) is 0 Å². The lowest BCUT2D eigenvalue weighted by Gasteiger charge is -2.14. The quantitative estimate of drug-likeness (QED) is 0.852. The van der Waals surface area contributed by atoms with Gasteiger partial charge >= 0.3 is 5.97 Å². The fourth-order valence-electron chi connectivity index (χ4n) is 1.36. The molecule has 1 atom stereocenters. The summed E-state index contributed by atoms with van der Waals surface area (Å²) in [5.41, 5.74) is 0.600. The normalized spacial score (nSPS) is 13.3. The second-order valence-corrected chi connectivity index (χ2v) is 5.67. The summed E-state index contributed by atoms with van der Waals surface area (Å²) >= 11 is 5.90. The molecule has 0 fully saturated rings. The molecule has 0 bridgehead atoms. The van der Waals surface area contributed by atoms with Crippen molar-refractivity contribution in [3.63, 3.8) is 0 Å². The molecule has 1 rings (SSSR count). The van der Waals surface area contributed by atoms with E-state index in [4.69, 9.17) is 16.7 Å². The highest BCUT2D eigenvalue weighted by atomic mass is 35.5. The third-order valence-electron chi connectivity index (χ3n) is 2.04. The highest BCUT2D eigenvalue weighted by molar-refractivity contribution is 7.90. The number of halogens is 1. The van der Waals surface area contributed by atoms with Gasteiger partial charge in [0, 0.05) is 11.1 Å². The van der Waals surface area contributed by atoms with Crippen molar-refractivity contribution in [1.29, 1.82) is 0 Å². The van der Waals surface area contributed by atoms with Crippen molar-refractivity contribution in [3.05, 3.63) is 34.9 Å². The number of carbonyl (C=O) groups is 1. The standard InChI is InChI=1S/C10H12ClNO4S/c1-7(8-4-2-3-5-9(8)11)12-17(15,16)6-10(13)14/h2-5,7,12H,6H2,1H3,(H,13,14). The van der Waals surface area contributed by atoms with Gasteiger partial charge in [-0.1, -0.05) is 29.8 Å². The van der Waals surface area contributed by atoms with Gasteiger partial charge in [0.2, 0.25) is 10.0 Å². The van der Waals surface area contributed by atoms with E-state index in [9.17, 15) is 13.2 Å². The summed E-state index contributed by atoms with van der Waals surface area (Å²) in [6, 6.07) is 6.19. The Hall–Kier alpha value is -1.11. The predicted molar refractivity (Wildman–Crippen MR) is 64.4 cm³/mol. The van der Waals surface area contributed by atoms with E-state index in [0.29, 0.717) is 10.6 Å². The summed E-state index contributed by atoms with van der Waals surface area (Å²) < 4.78 is 25.1. The van der Waals surface area contributed by atoms with Gasteiger partial charge in [-0.25, -0.2) is 13.1 Å². The minimum atomic E-state index is -3.85. The Bertz CT molecular complexity index is 515.